The van der Waals surface area contributed by atoms with E-state index in [9.17, 15) is 14.4 Å². The van der Waals surface area contributed by atoms with Crippen molar-refractivity contribution in [3.8, 4) is 0 Å². The zero-order valence-corrected chi connectivity index (χ0v) is 14.5. The van der Waals surface area contributed by atoms with E-state index in [1.165, 1.54) is 30.6 Å². The monoisotopic (exact) mass is 340 g/mol. The molecule has 2 saturated carbocycles. The minimum absolute atomic E-state index is 0.0825. The predicted octanol–water partition coefficient (Wildman–Crippen LogP) is 2.89. The maximum Gasteiger partial charge on any atom is 0.251 e. The molecule has 0 radical (unpaired) electrons. The number of anilines is 1. The van der Waals surface area contributed by atoms with Crippen LogP contribution < -0.4 is 10.2 Å². The third kappa shape index (κ3) is 2.96. The average Bonchev–Trinajstić information content (AvgIpc) is 3.31. The number of carbonyl (C=O) groups excluding carboxylic acids is 3. The quantitative estimate of drug-likeness (QED) is 0.857. The van der Waals surface area contributed by atoms with Gasteiger partial charge in [-0.25, -0.2) is 0 Å². The van der Waals surface area contributed by atoms with Crippen molar-refractivity contribution in [2.75, 3.05) is 4.90 Å². The molecule has 3 fully saturated rings. The van der Waals surface area contributed by atoms with Crippen molar-refractivity contribution in [2.45, 2.75) is 51.5 Å². The number of rotatable bonds is 4. The van der Waals surface area contributed by atoms with E-state index in [4.69, 9.17) is 0 Å². The van der Waals surface area contributed by atoms with Gasteiger partial charge in [0.05, 0.1) is 5.69 Å². The van der Waals surface area contributed by atoms with E-state index in [0.717, 1.165) is 11.8 Å². The molecule has 4 rings (SSSR count). The van der Waals surface area contributed by atoms with Gasteiger partial charge in [-0.05, 0) is 68.2 Å². The summed E-state index contributed by atoms with van der Waals surface area (Å²) in [5.74, 6) is 1.81. The summed E-state index contributed by atoms with van der Waals surface area (Å²) in [4.78, 5) is 37.3. The molecule has 25 heavy (non-hydrogen) atoms. The van der Waals surface area contributed by atoms with E-state index in [1.54, 1.807) is 24.3 Å². The van der Waals surface area contributed by atoms with Crippen LogP contribution in [-0.4, -0.2) is 23.8 Å². The van der Waals surface area contributed by atoms with Crippen molar-refractivity contribution in [2.24, 2.45) is 17.8 Å². The van der Waals surface area contributed by atoms with Gasteiger partial charge in [0, 0.05) is 24.4 Å². The summed E-state index contributed by atoms with van der Waals surface area (Å²) in [6, 6.07) is 6.93. The summed E-state index contributed by atoms with van der Waals surface area (Å²) < 4.78 is 0. The van der Waals surface area contributed by atoms with Crippen molar-refractivity contribution >= 4 is 23.4 Å². The van der Waals surface area contributed by atoms with E-state index in [1.807, 2.05) is 0 Å². The Labute approximate surface area is 147 Å². The Balaban J connectivity index is 1.40. The second-order valence-electron chi connectivity index (χ2n) is 7.77. The normalized spacial score (nSPS) is 29.3. The Hall–Kier alpha value is -2.17. The Kier molecular flexibility index (Phi) is 4.10. The highest BCUT2D eigenvalue weighted by atomic mass is 16.2. The SMILES string of the molecule is CC(NC(=O)c1ccc(N2C(=O)CCC2=O)cc1)C1CC2CCC1C2. The Bertz CT molecular complexity index is 696. The summed E-state index contributed by atoms with van der Waals surface area (Å²) in [5, 5.41) is 3.14. The van der Waals surface area contributed by atoms with E-state index >= 15 is 0 Å². The van der Waals surface area contributed by atoms with Crippen molar-refractivity contribution in [1.29, 1.82) is 0 Å². The zero-order valence-electron chi connectivity index (χ0n) is 14.5. The van der Waals surface area contributed by atoms with Crippen molar-refractivity contribution in [3.05, 3.63) is 29.8 Å². The molecule has 2 aliphatic carbocycles. The van der Waals surface area contributed by atoms with Crippen LogP contribution in [0, 0.1) is 17.8 Å². The van der Waals surface area contributed by atoms with E-state index in [0.29, 0.717) is 17.2 Å². The first-order chi connectivity index (χ1) is 12.0. The van der Waals surface area contributed by atoms with Crippen LogP contribution in [0.5, 0.6) is 0 Å². The van der Waals surface area contributed by atoms with Crippen molar-refractivity contribution < 1.29 is 14.4 Å². The summed E-state index contributed by atoms with van der Waals surface area (Å²) in [5.41, 5.74) is 1.11. The lowest BCUT2D eigenvalue weighted by atomic mass is 9.84. The van der Waals surface area contributed by atoms with Crippen LogP contribution in [0.25, 0.3) is 0 Å². The number of nitrogens with one attached hydrogen (secondary N) is 1. The fourth-order valence-electron chi connectivity index (χ4n) is 4.93. The van der Waals surface area contributed by atoms with Gasteiger partial charge < -0.3 is 5.32 Å². The lowest BCUT2D eigenvalue weighted by Crippen LogP contribution is -2.40. The van der Waals surface area contributed by atoms with E-state index in [-0.39, 0.29) is 36.6 Å². The second-order valence-corrected chi connectivity index (χ2v) is 7.77. The maximum absolute atomic E-state index is 12.5. The van der Waals surface area contributed by atoms with Crippen LogP contribution in [0.1, 0.15) is 55.8 Å². The number of amides is 3. The van der Waals surface area contributed by atoms with Gasteiger partial charge in [0.25, 0.3) is 5.91 Å². The highest BCUT2D eigenvalue weighted by Gasteiger charge is 2.42. The molecule has 5 nitrogen and oxygen atoms in total. The number of hydrogen-bond donors (Lipinski definition) is 1. The van der Waals surface area contributed by atoms with Gasteiger partial charge in [-0.1, -0.05) is 6.42 Å². The first kappa shape index (κ1) is 16.3. The summed E-state index contributed by atoms with van der Waals surface area (Å²) >= 11 is 0. The minimum Gasteiger partial charge on any atom is -0.349 e. The van der Waals surface area contributed by atoms with Crippen LogP contribution >= 0.6 is 0 Å². The number of nitrogens with zero attached hydrogens (tertiary/aromatic N) is 1. The third-order valence-electron chi connectivity index (χ3n) is 6.23. The van der Waals surface area contributed by atoms with E-state index in [2.05, 4.69) is 12.2 Å². The molecular formula is C20H24N2O3. The highest BCUT2D eigenvalue weighted by Crippen LogP contribution is 2.49. The maximum atomic E-state index is 12.5. The molecule has 4 unspecified atom stereocenters. The molecule has 0 aromatic heterocycles. The molecule has 1 aromatic carbocycles. The van der Waals surface area contributed by atoms with E-state index < -0.39 is 0 Å². The number of carbonyl (C=O) groups is 3. The lowest BCUT2D eigenvalue weighted by molar-refractivity contribution is -0.121. The van der Waals surface area contributed by atoms with Crippen LogP contribution in [0.15, 0.2) is 24.3 Å². The molecule has 3 aliphatic rings. The van der Waals surface area contributed by atoms with Gasteiger partial charge in [0.15, 0.2) is 0 Å². The standard InChI is InChI=1S/C20H24N2O3/c1-12(17-11-13-2-3-15(17)10-13)21-20(25)14-4-6-16(7-5-14)22-18(23)8-9-19(22)24/h4-7,12-13,15,17H,2-3,8-11H2,1H3,(H,21,25). The molecule has 1 aromatic rings. The Morgan fingerprint density at radius 2 is 1.76 bits per heavy atom. The number of hydrogen-bond acceptors (Lipinski definition) is 3. The summed E-state index contributed by atoms with van der Waals surface area (Å²) in [7, 11) is 0. The molecule has 1 N–H and O–H groups in total. The predicted molar refractivity (Wildman–Crippen MR) is 94.0 cm³/mol. The highest BCUT2D eigenvalue weighted by molar-refractivity contribution is 6.19. The number of benzene rings is 1. The Morgan fingerprint density at radius 3 is 2.32 bits per heavy atom. The van der Waals surface area contributed by atoms with Gasteiger partial charge in [0.2, 0.25) is 11.8 Å². The minimum atomic E-state index is -0.174. The number of fused-ring (bicyclic) bond motifs is 2. The number of imide groups is 1. The van der Waals surface area contributed by atoms with Crippen molar-refractivity contribution in [3.63, 3.8) is 0 Å². The van der Waals surface area contributed by atoms with Crippen LogP contribution in [0.3, 0.4) is 0 Å². The molecule has 1 aliphatic heterocycles. The lowest BCUT2D eigenvalue weighted by Gasteiger charge is -2.28. The summed E-state index contributed by atoms with van der Waals surface area (Å²) in [6.07, 6.45) is 5.77. The van der Waals surface area contributed by atoms with Crippen LogP contribution in [0.2, 0.25) is 0 Å². The fourth-order valence-corrected chi connectivity index (χ4v) is 4.93. The molecule has 3 amide bonds. The largest absolute Gasteiger partial charge is 0.349 e. The van der Waals surface area contributed by atoms with Crippen LogP contribution in [-0.2, 0) is 9.59 Å². The van der Waals surface area contributed by atoms with Crippen LogP contribution in [0.4, 0.5) is 5.69 Å². The summed E-state index contributed by atoms with van der Waals surface area (Å²) in [6.45, 7) is 2.11. The molecule has 1 heterocycles. The molecule has 132 valence electrons. The van der Waals surface area contributed by atoms with Crippen molar-refractivity contribution in [1.82, 2.24) is 5.32 Å². The van der Waals surface area contributed by atoms with Gasteiger partial charge in [-0.2, -0.15) is 0 Å². The topological polar surface area (TPSA) is 66.5 Å². The van der Waals surface area contributed by atoms with Gasteiger partial charge in [0.1, 0.15) is 0 Å². The molecule has 4 atom stereocenters. The molecule has 2 bridgehead atoms. The smallest absolute Gasteiger partial charge is 0.251 e. The average molecular weight is 340 g/mol. The molecule has 1 saturated heterocycles. The molecular weight excluding hydrogens is 316 g/mol. The molecule has 5 heteroatoms. The second kappa shape index (κ2) is 6.28. The van der Waals surface area contributed by atoms with Gasteiger partial charge in [-0.3, -0.25) is 19.3 Å². The first-order valence-corrected chi connectivity index (χ1v) is 9.29. The first-order valence-electron chi connectivity index (χ1n) is 9.29. The molecule has 0 spiro atoms. The van der Waals surface area contributed by atoms with Gasteiger partial charge in [-0.15, -0.1) is 0 Å². The Morgan fingerprint density at radius 1 is 1.08 bits per heavy atom. The fraction of sp³-hybridized carbons (Fsp3) is 0.550. The van der Waals surface area contributed by atoms with Gasteiger partial charge >= 0.3 is 0 Å². The zero-order chi connectivity index (χ0) is 17.6. The third-order valence-corrected chi connectivity index (χ3v) is 6.23.